The third-order valence-corrected chi connectivity index (χ3v) is 3.73. The number of nitrogens with one attached hydrogen (secondary N) is 1. The Morgan fingerprint density at radius 2 is 1.95 bits per heavy atom. The van der Waals surface area contributed by atoms with Crippen LogP contribution in [0.1, 0.15) is 20.8 Å². The fourth-order valence-corrected chi connectivity index (χ4v) is 2.25. The average Bonchev–Trinajstić information content (AvgIpc) is 2.94. The highest BCUT2D eigenvalue weighted by Crippen LogP contribution is 2.19. The van der Waals surface area contributed by atoms with Gasteiger partial charge >= 0.3 is 5.97 Å². The molecule has 0 saturated heterocycles. The van der Waals surface area contributed by atoms with E-state index in [2.05, 4.69) is 28.1 Å². The third-order valence-electron chi connectivity index (χ3n) is 3.01. The highest BCUT2D eigenvalue weighted by molar-refractivity contribution is 14.1. The summed E-state index contributed by atoms with van der Waals surface area (Å²) in [6.07, 6.45) is 2.88. The Morgan fingerprint density at radius 3 is 2.55 bits per heavy atom. The SMILES string of the molecule is CCOC(=O)C(ON1C=CN(c2ccc(I)cc2)N1)C(C)C. The van der Waals surface area contributed by atoms with Gasteiger partial charge in [0, 0.05) is 9.77 Å². The first-order valence-corrected chi connectivity index (χ1v) is 8.21. The van der Waals surface area contributed by atoms with Crippen molar-refractivity contribution in [3.63, 3.8) is 0 Å². The zero-order valence-corrected chi connectivity index (χ0v) is 15.0. The molecule has 7 heteroatoms. The first kappa shape index (κ1) is 17.0. The molecule has 1 atom stereocenters. The van der Waals surface area contributed by atoms with Crippen LogP contribution in [0, 0.1) is 9.49 Å². The fourth-order valence-electron chi connectivity index (χ4n) is 1.89. The number of esters is 1. The van der Waals surface area contributed by atoms with Crippen molar-refractivity contribution in [2.45, 2.75) is 26.9 Å². The van der Waals surface area contributed by atoms with Crippen LogP contribution in [-0.4, -0.2) is 23.9 Å². The van der Waals surface area contributed by atoms with Crippen LogP contribution in [0.25, 0.3) is 0 Å². The van der Waals surface area contributed by atoms with Crippen LogP contribution in [0.4, 0.5) is 5.69 Å². The highest BCUT2D eigenvalue weighted by Gasteiger charge is 2.28. The second kappa shape index (κ2) is 7.80. The fraction of sp³-hybridized carbons (Fsp3) is 0.400. The summed E-state index contributed by atoms with van der Waals surface area (Å²) in [5, 5.41) is 3.22. The summed E-state index contributed by atoms with van der Waals surface area (Å²) in [6, 6.07) is 8.02. The lowest BCUT2D eigenvalue weighted by atomic mass is 10.1. The lowest BCUT2D eigenvalue weighted by Gasteiger charge is -2.26. The molecule has 1 heterocycles. The van der Waals surface area contributed by atoms with Crippen molar-refractivity contribution in [2.75, 3.05) is 11.6 Å². The zero-order valence-electron chi connectivity index (χ0n) is 12.8. The molecule has 2 rings (SSSR count). The Hall–Kier alpha value is -1.32. The predicted molar refractivity (Wildman–Crippen MR) is 92.1 cm³/mol. The molecule has 1 aromatic carbocycles. The van der Waals surface area contributed by atoms with Crippen LogP contribution < -0.4 is 10.5 Å². The Labute approximate surface area is 144 Å². The normalized spacial score (nSPS) is 15.5. The first-order chi connectivity index (χ1) is 10.5. The predicted octanol–water partition coefficient (Wildman–Crippen LogP) is 2.82. The molecule has 0 saturated carbocycles. The van der Waals surface area contributed by atoms with Gasteiger partial charge in [-0.25, -0.2) is 9.63 Å². The van der Waals surface area contributed by atoms with E-state index in [1.54, 1.807) is 18.1 Å². The number of hydrazine groups is 2. The van der Waals surface area contributed by atoms with Gasteiger partial charge in [-0.1, -0.05) is 13.8 Å². The van der Waals surface area contributed by atoms with E-state index in [0.29, 0.717) is 6.61 Å². The topological polar surface area (TPSA) is 54.0 Å². The minimum Gasteiger partial charge on any atom is -0.464 e. The van der Waals surface area contributed by atoms with Gasteiger partial charge in [-0.3, -0.25) is 5.01 Å². The number of ether oxygens (including phenoxy) is 1. The zero-order chi connectivity index (χ0) is 16.1. The van der Waals surface area contributed by atoms with Gasteiger partial charge in [-0.2, -0.15) is 5.17 Å². The van der Waals surface area contributed by atoms with Crippen LogP contribution in [0.3, 0.4) is 0 Å². The van der Waals surface area contributed by atoms with Crippen molar-refractivity contribution in [1.82, 2.24) is 10.7 Å². The quantitative estimate of drug-likeness (QED) is 0.568. The number of halogens is 1. The van der Waals surface area contributed by atoms with E-state index in [1.165, 1.54) is 8.74 Å². The monoisotopic (exact) mass is 417 g/mol. The molecule has 0 aromatic heterocycles. The number of carbonyl (C=O) groups excluding carboxylic acids is 1. The summed E-state index contributed by atoms with van der Waals surface area (Å²) in [5.41, 5.74) is 4.00. The Kier molecular flexibility index (Phi) is 6.04. The number of anilines is 1. The maximum absolute atomic E-state index is 11.9. The summed E-state index contributed by atoms with van der Waals surface area (Å²) < 4.78 is 6.21. The van der Waals surface area contributed by atoms with E-state index in [0.717, 1.165) is 5.69 Å². The van der Waals surface area contributed by atoms with Gasteiger partial charge in [0.15, 0.2) is 6.10 Å². The molecule has 1 aliphatic rings. The molecule has 0 radical (unpaired) electrons. The van der Waals surface area contributed by atoms with Crippen molar-refractivity contribution in [2.24, 2.45) is 5.92 Å². The van der Waals surface area contributed by atoms with E-state index in [4.69, 9.17) is 9.57 Å². The first-order valence-electron chi connectivity index (χ1n) is 7.13. The number of hydrogen-bond acceptors (Lipinski definition) is 6. The molecule has 0 aliphatic carbocycles. The molecular formula is C15H20IN3O3. The van der Waals surface area contributed by atoms with E-state index < -0.39 is 6.10 Å². The van der Waals surface area contributed by atoms with Gasteiger partial charge in [-0.05, 0) is 59.7 Å². The molecule has 6 nitrogen and oxygen atoms in total. The summed E-state index contributed by atoms with van der Waals surface area (Å²) in [5.74, 6) is -0.359. The maximum Gasteiger partial charge on any atom is 0.338 e. The van der Waals surface area contributed by atoms with Crippen molar-refractivity contribution in [3.05, 3.63) is 40.2 Å². The summed E-state index contributed by atoms with van der Waals surface area (Å²) in [7, 11) is 0. The molecule has 1 unspecified atom stereocenters. The van der Waals surface area contributed by atoms with Gasteiger partial charge < -0.3 is 4.74 Å². The lowest BCUT2D eigenvalue weighted by molar-refractivity contribution is -0.217. The standard InChI is InChI=1S/C15H20IN3O3/c1-4-21-15(20)14(11(2)3)22-19-10-9-18(17-19)13-7-5-12(16)6-8-13/h5-11,14,17H,4H2,1-3H3. The summed E-state index contributed by atoms with van der Waals surface area (Å²) in [4.78, 5) is 17.6. The van der Waals surface area contributed by atoms with E-state index >= 15 is 0 Å². The molecule has 0 amide bonds. The highest BCUT2D eigenvalue weighted by atomic mass is 127. The smallest absolute Gasteiger partial charge is 0.338 e. The number of carbonyl (C=O) groups is 1. The van der Waals surface area contributed by atoms with Crippen molar-refractivity contribution >= 4 is 34.2 Å². The Bertz CT molecular complexity index is 533. The molecule has 0 bridgehead atoms. The van der Waals surface area contributed by atoms with E-state index in [-0.39, 0.29) is 11.9 Å². The number of hydroxylamine groups is 1. The van der Waals surface area contributed by atoms with Crippen molar-refractivity contribution in [3.8, 4) is 0 Å². The Morgan fingerprint density at radius 1 is 1.27 bits per heavy atom. The number of nitrogens with zero attached hydrogens (tertiary/aromatic N) is 2. The lowest BCUT2D eigenvalue weighted by Crippen LogP contribution is -2.45. The average molecular weight is 417 g/mol. The van der Waals surface area contributed by atoms with E-state index in [1.807, 2.05) is 44.3 Å². The summed E-state index contributed by atoms with van der Waals surface area (Å²) in [6.45, 7) is 5.95. The number of rotatable bonds is 6. The van der Waals surface area contributed by atoms with Gasteiger partial charge in [0.1, 0.15) is 0 Å². The van der Waals surface area contributed by atoms with Crippen LogP contribution >= 0.6 is 22.6 Å². The second-order valence-corrected chi connectivity index (χ2v) is 6.34. The van der Waals surface area contributed by atoms with Crippen LogP contribution in [0.15, 0.2) is 36.7 Å². The second-order valence-electron chi connectivity index (χ2n) is 5.09. The van der Waals surface area contributed by atoms with Gasteiger partial charge in [0.25, 0.3) is 0 Å². The van der Waals surface area contributed by atoms with E-state index in [9.17, 15) is 4.79 Å². The minimum atomic E-state index is -0.659. The van der Waals surface area contributed by atoms with Crippen LogP contribution in [-0.2, 0) is 14.4 Å². The van der Waals surface area contributed by atoms with Gasteiger partial charge in [0.05, 0.1) is 18.5 Å². The third kappa shape index (κ3) is 4.34. The maximum atomic E-state index is 11.9. The summed E-state index contributed by atoms with van der Waals surface area (Å²) >= 11 is 2.26. The van der Waals surface area contributed by atoms with Crippen molar-refractivity contribution < 1.29 is 14.4 Å². The molecule has 0 fully saturated rings. The number of hydrogen-bond donors (Lipinski definition) is 1. The molecule has 1 aromatic rings. The molecule has 22 heavy (non-hydrogen) atoms. The van der Waals surface area contributed by atoms with Crippen LogP contribution in [0.5, 0.6) is 0 Å². The largest absolute Gasteiger partial charge is 0.464 e. The van der Waals surface area contributed by atoms with Crippen LogP contribution in [0.2, 0.25) is 0 Å². The Balaban J connectivity index is 1.96. The minimum absolute atomic E-state index is 0.00148. The molecule has 0 spiro atoms. The number of benzene rings is 1. The molecule has 120 valence electrons. The molecule has 1 aliphatic heterocycles. The van der Waals surface area contributed by atoms with Crippen molar-refractivity contribution in [1.29, 1.82) is 0 Å². The van der Waals surface area contributed by atoms with Gasteiger partial charge in [0.2, 0.25) is 0 Å². The molecular weight excluding hydrogens is 397 g/mol. The molecule has 1 N–H and O–H groups in total. The van der Waals surface area contributed by atoms with Gasteiger partial charge in [-0.15, -0.1) is 5.53 Å².